The van der Waals surface area contributed by atoms with Gasteiger partial charge < -0.3 is 26.4 Å². The van der Waals surface area contributed by atoms with Crippen molar-refractivity contribution >= 4 is 33.3 Å². The van der Waals surface area contributed by atoms with E-state index in [0.29, 0.717) is 36.3 Å². The van der Waals surface area contributed by atoms with Crippen molar-refractivity contribution in [1.82, 2.24) is 19.9 Å². The second kappa shape index (κ2) is 8.51. The van der Waals surface area contributed by atoms with Crippen LogP contribution in [0.4, 0.5) is 11.8 Å². The standard InChI is InChI=1S/C22H30N6O3S/c1-5-22(31,6-2)12-9-13(18(30)17(12)29)26-19-15(10(3)25-21(23)28-19)20-27-16-11(4)24-8-7-14(16)32-20/h7-8,12-13,17-18,29-31H,5-6,9H2,1-4H3,(H3,23,25,26,28)/t12-,13+,17+,18-/m0/s1. The third kappa shape index (κ3) is 3.81. The summed E-state index contributed by atoms with van der Waals surface area (Å²) in [7, 11) is 0. The van der Waals surface area contributed by atoms with Crippen LogP contribution in [-0.2, 0) is 0 Å². The molecular formula is C22H30N6O3S. The number of rotatable bonds is 6. The number of pyridine rings is 1. The molecule has 0 bridgehead atoms. The summed E-state index contributed by atoms with van der Waals surface area (Å²) >= 11 is 1.51. The molecule has 172 valence electrons. The molecule has 4 rings (SSSR count). The van der Waals surface area contributed by atoms with Crippen molar-refractivity contribution < 1.29 is 15.3 Å². The van der Waals surface area contributed by atoms with Crippen molar-refractivity contribution in [3.05, 3.63) is 23.7 Å². The predicted octanol–water partition coefficient (Wildman–Crippen LogP) is 2.42. The lowest BCUT2D eigenvalue weighted by atomic mass is 9.80. The van der Waals surface area contributed by atoms with Crippen LogP contribution in [0.1, 0.15) is 44.5 Å². The Hall–Kier alpha value is -2.40. The van der Waals surface area contributed by atoms with Gasteiger partial charge in [-0.2, -0.15) is 4.98 Å². The number of nitrogens with one attached hydrogen (secondary N) is 1. The zero-order valence-corrected chi connectivity index (χ0v) is 19.5. The zero-order valence-electron chi connectivity index (χ0n) is 18.7. The molecule has 9 nitrogen and oxygen atoms in total. The van der Waals surface area contributed by atoms with Crippen LogP contribution in [0.25, 0.3) is 20.8 Å². The summed E-state index contributed by atoms with van der Waals surface area (Å²) in [5, 5.41) is 36.4. The summed E-state index contributed by atoms with van der Waals surface area (Å²) < 4.78 is 1.00. The van der Waals surface area contributed by atoms with Crippen LogP contribution in [0.15, 0.2) is 12.3 Å². The molecule has 0 spiro atoms. The molecule has 0 amide bonds. The normalized spacial score (nSPS) is 23.7. The van der Waals surface area contributed by atoms with Gasteiger partial charge >= 0.3 is 0 Å². The van der Waals surface area contributed by atoms with Crippen molar-refractivity contribution in [2.24, 2.45) is 5.92 Å². The van der Waals surface area contributed by atoms with E-state index in [1.807, 2.05) is 33.8 Å². The van der Waals surface area contributed by atoms with Gasteiger partial charge in [-0.1, -0.05) is 13.8 Å². The Labute approximate surface area is 190 Å². The van der Waals surface area contributed by atoms with Crippen molar-refractivity contribution in [2.75, 3.05) is 11.1 Å². The van der Waals surface area contributed by atoms with Gasteiger partial charge in [0, 0.05) is 12.1 Å². The first-order valence-corrected chi connectivity index (χ1v) is 11.7. The van der Waals surface area contributed by atoms with E-state index in [1.54, 1.807) is 6.20 Å². The minimum atomic E-state index is -1.06. The van der Waals surface area contributed by atoms with E-state index in [9.17, 15) is 15.3 Å². The van der Waals surface area contributed by atoms with Crippen molar-refractivity contribution in [3.8, 4) is 10.6 Å². The number of nitrogens with two attached hydrogens (primary N) is 1. The number of nitrogen functional groups attached to an aromatic ring is 1. The number of hydrogen-bond donors (Lipinski definition) is 5. The lowest BCUT2D eigenvalue weighted by molar-refractivity contribution is -0.0843. The molecule has 0 aliphatic heterocycles. The van der Waals surface area contributed by atoms with Gasteiger partial charge in [0.1, 0.15) is 22.4 Å². The summed E-state index contributed by atoms with van der Waals surface area (Å²) in [6.45, 7) is 7.53. The van der Waals surface area contributed by atoms with Crippen LogP contribution < -0.4 is 11.1 Å². The quantitative estimate of drug-likeness (QED) is 0.375. The Bertz CT molecular complexity index is 1130. The highest BCUT2D eigenvalue weighted by Gasteiger charge is 2.50. The van der Waals surface area contributed by atoms with E-state index in [4.69, 9.17) is 10.7 Å². The summed E-state index contributed by atoms with van der Waals surface area (Å²) in [6, 6.07) is 1.41. The Morgan fingerprint density at radius 3 is 2.50 bits per heavy atom. The van der Waals surface area contributed by atoms with E-state index in [2.05, 4.69) is 20.3 Å². The van der Waals surface area contributed by atoms with Gasteiger partial charge in [0.2, 0.25) is 5.95 Å². The van der Waals surface area contributed by atoms with E-state index >= 15 is 0 Å². The van der Waals surface area contributed by atoms with Crippen molar-refractivity contribution in [1.29, 1.82) is 0 Å². The van der Waals surface area contributed by atoms with Crippen LogP contribution in [0, 0.1) is 19.8 Å². The highest BCUT2D eigenvalue weighted by atomic mass is 32.1. The molecule has 6 N–H and O–H groups in total. The largest absolute Gasteiger partial charge is 0.390 e. The molecular weight excluding hydrogens is 428 g/mol. The van der Waals surface area contributed by atoms with Gasteiger partial charge in [-0.25, -0.2) is 9.97 Å². The lowest BCUT2D eigenvalue weighted by Crippen LogP contribution is -2.43. The van der Waals surface area contributed by atoms with Crippen LogP contribution in [0.5, 0.6) is 0 Å². The summed E-state index contributed by atoms with van der Waals surface area (Å²) in [4.78, 5) is 17.8. The van der Waals surface area contributed by atoms with Gasteiger partial charge in [0.05, 0.1) is 39.4 Å². The zero-order chi connectivity index (χ0) is 23.2. The Morgan fingerprint density at radius 2 is 1.84 bits per heavy atom. The minimum absolute atomic E-state index is 0.107. The molecule has 3 aromatic heterocycles. The van der Waals surface area contributed by atoms with E-state index in [-0.39, 0.29) is 5.95 Å². The molecule has 1 aliphatic carbocycles. The van der Waals surface area contributed by atoms with Crippen LogP contribution in [0.3, 0.4) is 0 Å². The Kier molecular flexibility index (Phi) is 6.06. The van der Waals surface area contributed by atoms with Gasteiger partial charge in [0.25, 0.3) is 0 Å². The molecule has 3 heterocycles. The van der Waals surface area contributed by atoms with Crippen LogP contribution in [-0.4, -0.2) is 59.1 Å². The smallest absolute Gasteiger partial charge is 0.222 e. The first-order valence-electron chi connectivity index (χ1n) is 10.9. The van der Waals surface area contributed by atoms with Crippen LogP contribution >= 0.6 is 11.3 Å². The molecule has 0 radical (unpaired) electrons. The number of aliphatic hydroxyl groups excluding tert-OH is 2. The van der Waals surface area contributed by atoms with E-state index < -0.39 is 29.8 Å². The fraction of sp³-hybridized carbons (Fsp3) is 0.545. The maximum absolute atomic E-state index is 11.0. The lowest BCUT2D eigenvalue weighted by Gasteiger charge is -2.34. The molecule has 1 saturated carbocycles. The third-order valence-corrected chi connectivity index (χ3v) is 7.77. The van der Waals surface area contributed by atoms with Gasteiger partial charge in [0.15, 0.2) is 0 Å². The Balaban J connectivity index is 1.72. The summed E-state index contributed by atoms with van der Waals surface area (Å²) in [5.41, 5.74) is 7.92. The SMILES string of the molecule is CCC(O)(CC)[C@H]1C[C@@H](Nc2nc(N)nc(C)c2-c2nc3c(C)nccc3s2)[C@H](O)[C@@H]1O. The van der Waals surface area contributed by atoms with E-state index in [1.165, 1.54) is 11.3 Å². The molecule has 32 heavy (non-hydrogen) atoms. The molecule has 4 atom stereocenters. The monoisotopic (exact) mass is 458 g/mol. The first kappa shape index (κ1) is 22.8. The molecule has 1 aliphatic rings. The van der Waals surface area contributed by atoms with Crippen molar-refractivity contribution in [2.45, 2.75) is 70.8 Å². The average Bonchev–Trinajstić information content (AvgIpc) is 3.30. The fourth-order valence-corrected chi connectivity index (χ4v) is 5.81. The topological polar surface area (TPSA) is 150 Å². The fourth-order valence-electron chi connectivity index (χ4n) is 4.70. The van der Waals surface area contributed by atoms with Gasteiger partial charge in [-0.15, -0.1) is 11.3 Å². The average molecular weight is 459 g/mol. The summed E-state index contributed by atoms with van der Waals surface area (Å²) in [6.07, 6.45) is 1.03. The predicted molar refractivity (Wildman–Crippen MR) is 125 cm³/mol. The second-order valence-electron chi connectivity index (χ2n) is 8.54. The van der Waals surface area contributed by atoms with Gasteiger partial charge in [-0.3, -0.25) is 4.98 Å². The minimum Gasteiger partial charge on any atom is -0.390 e. The Morgan fingerprint density at radius 1 is 1.12 bits per heavy atom. The molecule has 0 unspecified atom stereocenters. The summed E-state index contributed by atoms with van der Waals surface area (Å²) in [5.74, 6) is 0.105. The number of anilines is 2. The number of aromatic nitrogens is 4. The number of aliphatic hydroxyl groups is 3. The third-order valence-electron chi connectivity index (χ3n) is 6.73. The molecule has 0 aromatic carbocycles. The first-order chi connectivity index (χ1) is 15.2. The van der Waals surface area contributed by atoms with Crippen LogP contribution in [0.2, 0.25) is 0 Å². The number of fused-ring (bicyclic) bond motifs is 1. The highest BCUT2D eigenvalue weighted by Crippen LogP contribution is 2.42. The van der Waals surface area contributed by atoms with Gasteiger partial charge in [-0.05, 0) is 39.2 Å². The maximum Gasteiger partial charge on any atom is 0.222 e. The second-order valence-corrected chi connectivity index (χ2v) is 9.57. The molecule has 0 saturated heterocycles. The van der Waals surface area contributed by atoms with E-state index in [0.717, 1.165) is 20.9 Å². The molecule has 10 heteroatoms. The molecule has 3 aromatic rings. The maximum atomic E-state index is 11.0. The van der Waals surface area contributed by atoms with Crippen molar-refractivity contribution in [3.63, 3.8) is 0 Å². The molecule has 1 fully saturated rings. The highest BCUT2D eigenvalue weighted by molar-refractivity contribution is 7.21. The number of thiazole rings is 1. The number of aryl methyl sites for hydroxylation is 2. The number of nitrogens with zero attached hydrogens (tertiary/aromatic N) is 4. The number of hydrogen-bond acceptors (Lipinski definition) is 10.